The Hall–Kier alpha value is -3.19. The van der Waals surface area contributed by atoms with E-state index < -0.39 is 15.8 Å². The Kier molecular flexibility index (Phi) is 5.75. The van der Waals surface area contributed by atoms with E-state index in [0.29, 0.717) is 11.3 Å². The maximum absolute atomic E-state index is 13.0. The van der Waals surface area contributed by atoms with Gasteiger partial charge < -0.3 is 5.32 Å². The van der Waals surface area contributed by atoms with Crippen molar-refractivity contribution in [2.24, 2.45) is 0 Å². The van der Waals surface area contributed by atoms with E-state index in [-0.39, 0.29) is 16.8 Å². The van der Waals surface area contributed by atoms with E-state index in [1.165, 1.54) is 36.4 Å². The average Bonchev–Trinajstić information content (AvgIpc) is 2.69. The van der Waals surface area contributed by atoms with Crippen molar-refractivity contribution in [2.45, 2.75) is 17.9 Å². The van der Waals surface area contributed by atoms with Gasteiger partial charge in [0.2, 0.25) is 0 Å². The Bertz CT molecular complexity index is 1050. The van der Waals surface area contributed by atoms with Crippen LogP contribution in [0.1, 0.15) is 28.9 Å². The molecule has 1 atom stereocenters. The predicted octanol–water partition coefficient (Wildman–Crippen LogP) is 4.12. The third kappa shape index (κ3) is 4.75. The van der Waals surface area contributed by atoms with E-state index in [4.69, 9.17) is 0 Å². The second-order valence-electron chi connectivity index (χ2n) is 6.24. The van der Waals surface area contributed by atoms with E-state index in [1.807, 2.05) is 37.3 Å². The summed E-state index contributed by atoms with van der Waals surface area (Å²) in [6, 6.07) is 20.0. The number of hydrogen-bond donors (Lipinski definition) is 2. The topological polar surface area (TPSA) is 75.3 Å². The monoisotopic (exact) mass is 398 g/mol. The Morgan fingerprint density at radius 2 is 1.50 bits per heavy atom. The lowest BCUT2D eigenvalue weighted by atomic mass is 10.1. The molecular formula is C21H19FN2O3S. The van der Waals surface area contributed by atoms with Gasteiger partial charge in [0.05, 0.1) is 10.9 Å². The van der Waals surface area contributed by atoms with Crippen molar-refractivity contribution in [1.29, 1.82) is 0 Å². The number of carbonyl (C=O) groups excluding carboxylic acids is 1. The Labute approximate surface area is 163 Å². The normalized spacial score (nSPS) is 12.2. The van der Waals surface area contributed by atoms with Crippen LogP contribution in [0, 0.1) is 5.82 Å². The fourth-order valence-electron chi connectivity index (χ4n) is 2.62. The van der Waals surface area contributed by atoms with Crippen LogP contribution in [0.4, 0.5) is 10.1 Å². The highest BCUT2D eigenvalue weighted by Crippen LogP contribution is 2.18. The van der Waals surface area contributed by atoms with Crippen LogP contribution in [-0.4, -0.2) is 14.3 Å². The van der Waals surface area contributed by atoms with Crippen LogP contribution in [0.25, 0.3) is 0 Å². The van der Waals surface area contributed by atoms with Crippen molar-refractivity contribution >= 4 is 21.6 Å². The number of nitrogens with one attached hydrogen (secondary N) is 2. The summed E-state index contributed by atoms with van der Waals surface area (Å²) in [6.07, 6.45) is 0. The minimum Gasteiger partial charge on any atom is -0.346 e. The maximum Gasteiger partial charge on any atom is 0.261 e. The zero-order chi connectivity index (χ0) is 20.1. The Balaban J connectivity index is 1.67. The van der Waals surface area contributed by atoms with Gasteiger partial charge in [-0.2, -0.15) is 0 Å². The summed E-state index contributed by atoms with van der Waals surface area (Å²) in [6.45, 7) is 1.89. The largest absolute Gasteiger partial charge is 0.346 e. The van der Waals surface area contributed by atoms with Gasteiger partial charge in [-0.25, -0.2) is 12.8 Å². The van der Waals surface area contributed by atoms with Crippen LogP contribution >= 0.6 is 0 Å². The van der Waals surface area contributed by atoms with Gasteiger partial charge >= 0.3 is 0 Å². The molecule has 1 amide bonds. The van der Waals surface area contributed by atoms with Gasteiger partial charge in [-0.3, -0.25) is 9.52 Å². The molecule has 0 bridgehead atoms. The number of anilines is 1. The van der Waals surface area contributed by atoms with E-state index in [2.05, 4.69) is 10.0 Å². The second-order valence-corrected chi connectivity index (χ2v) is 7.93. The fraction of sp³-hybridized carbons (Fsp3) is 0.0952. The highest BCUT2D eigenvalue weighted by atomic mass is 32.2. The van der Waals surface area contributed by atoms with Crippen molar-refractivity contribution in [1.82, 2.24) is 5.32 Å². The van der Waals surface area contributed by atoms with Gasteiger partial charge in [0, 0.05) is 11.3 Å². The molecular weight excluding hydrogens is 379 g/mol. The molecule has 0 aliphatic carbocycles. The molecule has 0 spiro atoms. The molecule has 0 aliphatic heterocycles. The van der Waals surface area contributed by atoms with Crippen LogP contribution in [0.2, 0.25) is 0 Å². The molecule has 0 heterocycles. The molecule has 3 aromatic rings. The first-order valence-corrected chi connectivity index (χ1v) is 10.1. The number of hydrogen-bond acceptors (Lipinski definition) is 3. The van der Waals surface area contributed by atoms with Crippen molar-refractivity contribution in [3.8, 4) is 0 Å². The summed E-state index contributed by atoms with van der Waals surface area (Å²) in [5.74, 6) is -0.775. The van der Waals surface area contributed by atoms with Crippen molar-refractivity contribution < 1.29 is 17.6 Å². The van der Waals surface area contributed by atoms with Crippen molar-refractivity contribution in [2.75, 3.05) is 4.72 Å². The number of sulfonamides is 1. The molecule has 3 rings (SSSR count). The summed E-state index contributed by atoms with van der Waals surface area (Å²) in [5.41, 5.74) is 1.70. The third-order valence-electron chi connectivity index (χ3n) is 4.17. The lowest BCUT2D eigenvalue weighted by molar-refractivity contribution is 0.0940. The van der Waals surface area contributed by atoms with Crippen LogP contribution in [0.15, 0.2) is 83.8 Å². The minimum atomic E-state index is -3.84. The van der Waals surface area contributed by atoms with E-state index in [1.54, 1.807) is 0 Å². The van der Waals surface area contributed by atoms with E-state index >= 15 is 0 Å². The first kappa shape index (κ1) is 19.6. The summed E-state index contributed by atoms with van der Waals surface area (Å²) < 4.78 is 40.0. The fourth-order valence-corrected chi connectivity index (χ4v) is 3.68. The molecule has 0 fully saturated rings. The molecule has 3 aromatic carbocycles. The van der Waals surface area contributed by atoms with Gasteiger partial charge in [-0.15, -0.1) is 0 Å². The number of rotatable bonds is 6. The number of carbonyl (C=O) groups is 1. The summed E-state index contributed by atoms with van der Waals surface area (Å²) >= 11 is 0. The minimum absolute atomic E-state index is 0.0487. The van der Waals surface area contributed by atoms with Crippen LogP contribution < -0.4 is 10.0 Å². The predicted molar refractivity (Wildman–Crippen MR) is 106 cm³/mol. The molecule has 0 aliphatic rings. The maximum atomic E-state index is 13.0. The molecule has 0 radical (unpaired) electrons. The van der Waals surface area contributed by atoms with Crippen LogP contribution in [-0.2, 0) is 10.0 Å². The first-order valence-electron chi connectivity index (χ1n) is 8.59. The van der Waals surface area contributed by atoms with Crippen molar-refractivity contribution in [3.63, 3.8) is 0 Å². The Morgan fingerprint density at radius 3 is 2.11 bits per heavy atom. The molecule has 28 heavy (non-hydrogen) atoms. The summed E-state index contributed by atoms with van der Waals surface area (Å²) in [7, 11) is -3.84. The highest BCUT2D eigenvalue weighted by Gasteiger charge is 2.15. The van der Waals surface area contributed by atoms with Gasteiger partial charge in [0.25, 0.3) is 15.9 Å². The quantitative estimate of drug-likeness (QED) is 0.656. The zero-order valence-electron chi connectivity index (χ0n) is 15.1. The summed E-state index contributed by atoms with van der Waals surface area (Å²) in [5, 5.41) is 2.90. The van der Waals surface area contributed by atoms with E-state index in [0.717, 1.165) is 17.7 Å². The Morgan fingerprint density at radius 1 is 0.893 bits per heavy atom. The number of benzene rings is 3. The van der Waals surface area contributed by atoms with Crippen LogP contribution in [0.3, 0.4) is 0 Å². The molecule has 0 unspecified atom stereocenters. The standard InChI is InChI=1S/C21H19FN2O3S/c1-15(16-5-3-2-4-6-16)23-21(25)17-7-11-19(12-8-17)24-28(26,27)20-13-9-18(22)10-14-20/h2-15,24H,1H3,(H,23,25)/t15-/m0/s1. The molecule has 2 N–H and O–H groups in total. The lowest BCUT2D eigenvalue weighted by Gasteiger charge is -2.14. The number of halogens is 1. The smallest absolute Gasteiger partial charge is 0.261 e. The average molecular weight is 398 g/mol. The molecule has 7 heteroatoms. The molecule has 0 saturated carbocycles. The highest BCUT2D eigenvalue weighted by molar-refractivity contribution is 7.92. The molecule has 144 valence electrons. The molecule has 5 nitrogen and oxygen atoms in total. The SMILES string of the molecule is C[C@H](NC(=O)c1ccc(NS(=O)(=O)c2ccc(F)cc2)cc1)c1ccccc1. The van der Waals surface area contributed by atoms with Crippen molar-refractivity contribution in [3.05, 3.63) is 95.8 Å². The zero-order valence-corrected chi connectivity index (χ0v) is 15.9. The second kappa shape index (κ2) is 8.22. The molecule has 0 aromatic heterocycles. The first-order chi connectivity index (χ1) is 13.3. The lowest BCUT2D eigenvalue weighted by Crippen LogP contribution is -2.26. The third-order valence-corrected chi connectivity index (χ3v) is 5.57. The summed E-state index contributed by atoms with van der Waals surface area (Å²) in [4.78, 5) is 12.3. The van der Waals surface area contributed by atoms with Gasteiger partial charge in [0.1, 0.15) is 5.82 Å². The number of amides is 1. The van der Waals surface area contributed by atoms with Crippen LogP contribution in [0.5, 0.6) is 0 Å². The van der Waals surface area contributed by atoms with Gasteiger partial charge in [-0.1, -0.05) is 30.3 Å². The van der Waals surface area contributed by atoms with E-state index in [9.17, 15) is 17.6 Å². The van der Waals surface area contributed by atoms with Gasteiger partial charge in [-0.05, 0) is 61.0 Å². The van der Waals surface area contributed by atoms with Gasteiger partial charge in [0.15, 0.2) is 0 Å². The molecule has 0 saturated heterocycles.